The van der Waals surface area contributed by atoms with Gasteiger partial charge in [-0.2, -0.15) is 0 Å². The van der Waals surface area contributed by atoms with Gasteiger partial charge < -0.3 is 28.7 Å². The van der Waals surface area contributed by atoms with Crippen molar-refractivity contribution >= 4 is 12.1 Å². The third kappa shape index (κ3) is 6.38. The second-order valence-electron chi connectivity index (χ2n) is 8.78. The second-order valence-corrected chi connectivity index (χ2v) is 8.78. The normalized spacial score (nSPS) is 15.6. The molecule has 8 heteroatoms. The number of nitrogens with zero attached hydrogens (tertiary/aromatic N) is 2. The molecule has 0 N–H and O–H groups in total. The Morgan fingerprint density at radius 2 is 1.81 bits per heavy atom. The van der Waals surface area contributed by atoms with Crippen molar-refractivity contribution in [3.63, 3.8) is 0 Å². The molecule has 4 rings (SSSR count). The van der Waals surface area contributed by atoms with Gasteiger partial charge in [0, 0.05) is 44.9 Å². The largest absolute Gasteiger partial charge is 0.454 e. The van der Waals surface area contributed by atoms with Crippen LogP contribution in [0, 0.1) is 0 Å². The number of esters is 1. The summed E-state index contributed by atoms with van der Waals surface area (Å²) in [6.07, 6.45) is 5.14. The quantitative estimate of drug-likeness (QED) is 0.360. The van der Waals surface area contributed by atoms with Crippen LogP contribution in [0.1, 0.15) is 38.3 Å². The van der Waals surface area contributed by atoms with Gasteiger partial charge in [0.25, 0.3) is 0 Å². The summed E-state index contributed by atoms with van der Waals surface area (Å²) in [5.74, 6) is 0.926. The third-order valence-corrected chi connectivity index (χ3v) is 6.04. The number of likely N-dealkylation sites (N-methyl/N-ethyl adjacent to an activating group) is 1. The minimum Gasteiger partial charge on any atom is -0.454 e. The van der Waals surface area contributed by atoms with Crippen LogP contribution in [0.15, 0.2) is 72.6 Å². The Morgan fingerprint density at radius 1 is 1.03 bits per heavy atom. The Morgan fingerprint density at radius 3 is 2.58 bits per heavy atom. The number of ether oxygens (including phenoxy) is 4. The van der Waals surface area contributed by atoms with E-state index in [1.54, 1.807) is 18.0 Å². The second kappa shape index (κ2) is 11.7. The zero-order chi connectivity index (χ0) is 25.5. The highest BCUT2D eigenvalue weighted by Gasteiger charge is 2.25. The minimum atomic E-state index is -1.02. The Balaban J connectivity index is 1.29. The van der Waals surface area contributed by atoms with E-state index in [4.69, 9.17) is 18.9 Å². The molecule has 2 heterocycles. The smallest absolute Gasteiger partial charge is 0.413 e. The van der Waals surface area contributed by atoms with Gasteiger partial charge in [-0.05, 0) is 43.5 Å². The fourth-order valence-corrected chi connectivity index (χ4v) is 4.24. The predicted molar refractivity (Wildman–Crippen MR) is 134 cm³/mol. The molecule has 0 saturated carbocycles. The molecule has 0 fully saturated rings. The first-order chi connectivity index (χ1) is 17.4. The van der Waals surface area contributed by atoms with Crippen LogP contribution in [0.4, 0.5) is 4.79 Å². The molecule has 36 heavy (non-hydrogen) atoms. The number of hydrogen-bond acceptors (Lipinski definition) is 7. The zero-order valence-electron chi connectivity index (χ0n) is 20.9. The van der Waals surface area contributed by atoms with Crippen LogP contribution in [0.3, 0.4) is 0 Å². The van der Waals surface area contributed by atoms with Crippen LogP contribution in [-0.2, 0) is 27.2 Å². The van der Waals surface area contributed by atoms with Gasteiger partial charge in [0.1, 0.15) is 0 Å². The summed E-state index contributed by atoms with van der Waals surface area (Å²) in [6, 6.07) is 15.6. The third-order valence-electron chi connectivity index (χ3n) is 6.04. The Labute approximate surface area is 211 Å². The van der Waals surface area contributed by atoms with E-state index in [1.165, 1.54) is 0 Å². The summed E-state index contributed by atoms with van der Waals surface area (Å²) in [7, 11) is 0. The zero-order valence-corrected chi connectivity index (χ0v) is 20.9. The molecular weight excluding hydrogens is 460 g/mol. The number of amides is 1. The maximum absolute atomic E-state index is 12.9. The van der Waals surface area contributed by atoms with E-state index >= 15 is 0 Å². The number of hydrogen-bond donors (Lipinski definition) is 0. The lowest BCUT2D eigenvalue weighted by molar-refractivity contribution is -0.161. The van der Waals surface area contributed by atoms with Crippen molar-refractivity contribution in [2.24, 2.45) is 0 Å². The van der Waals surface area contributed by atoms with Crippen molar-refractivity contribution in [2.45, 2.75) is 52.5 Å². The summed E-state index contributed by atoms with van der Waals surface area (Å²) < 4.78 is 21.7. The molecule has 2 aliphatic rings. The number of carbonyl (C=O) groups excluding carboxylic acids is 2. The highest BCUT2D eigenvalue weighted by Crippen LogP contribution is 2.33. The summed E-state index contributed by atoms with van der Waals surface area (Å²) in [4.78, 5) is 29.1. The molecule has 2 aliphatic heterocycles. The Kier molecular flexibility index (Phi) is 8.15. The van der Waals surface area contributed by atoms with Gasteiger partial charge in [0.2, 0.25) is 13.1 Å². The van der Waals surface area contributed by atoms with Gasteiger partial charge in [-0.15, -0.1) is 0 Å². The molecule has 8 nitrogen and oxygen atoms in total. The molecule has 0 saturated heterocycles. The maximum atomic E-state index is 12.9. The van der Waals surface area contributed by atoms with Crippen molar-refractivity contribution in [2.75, 3.05) is 13.3 Å². The molecule has 1 amide bonds. The van der Waals surface area contributed by atoms with E-state index in [2.05, 4.69) is 0 Å². The molecule has 0 spiro atoms. The van der Waals surface area contributed by atoms with Crippen LogP contribution < -0.4 is 9.47 Å². The molecule has 190 valence electrons. The standard InChI is InChI=1S/C28H32N2O6/c1-4-30(20(2)15-23-12-13-25-26(16-23)34-19-33-25)28(32)36-21(3)35-27(31)24-11-8-14-29(18-24)17-22-9-6-5-7-10-22/h5-10,12-14,16,18,20-21H,4,11,15,17,19H2,1-3H3. The molecule has 0 aliphatic carbocycles. The highest BCUT2D eigenvalue weighted by molar-refractivity contribution is 5.89. The molecule has 0 radical (unpaired) electrons. The SMILES string of the molecule is CCN(C(=O)OC(C)OC(=O)C1=CN(Cc2ccccc2)C=CC1)C(C)Cc1ccc2c(c1)OCO2. The van der Waals surface area contributed by atoms with E-state index in [0.717, 1.165) is 16.9 Å². The molecule has 2 atom stereocenters. The molecular formula is C28H32N2O6. The first kappa shape index (κ1) is 25.2. The van der Waals surface area contributed by atoms with Gasteiger partial charge in [-0.1, -0.05) is 42.5 Å². The molecule has 2 unspecified atom stereocenters. The van der Waals surface area contributed by atoms with Gasteiger partial charge in [0.15, 0.2) is 11.5 Å². The predicted octanol–water partition coefficient (Wildman–Crippen LogP) is 5.00. The number of rotatable bonds is 9. The summed E-state index contributed by atoms with van der Waals surface area (Å²) >= 11 is 0. The van der Waals surface area contributed by atoms with E-state index in [1.807, 2.05) is 79.6 Å². The fourth-order valence-electron chi connectivity index (χ4n) is 4.24. The lowest BCUT2D eigenvalue weighted by Gasteiger charge is -2.29. The molecule has 0 bridgehead atoms. The van der Waals surface area contributed by atoms with Crippen LogP contribution in [-0.4, -0.2) is 47.5 Å². The average molecular weight is 493 g/mol. The monoisotopic (exact) mass is 492 g/mol. The fraction of sp³-hybridized carbons (Fsp3) is 0.357. The Hall–Kier alpha value is -3.94. The van der Waals surface area contributed by atoms with Crippen molar-refractivity contribution in [3.05, 3.63) is 83.7 Å². The van der Waals surface area contributed by atoms with Crippen molar-refractivity contribution in [3.8, 4) is 11.5 Å². The first-order valence-electron chi connectivity index (χ1n) is 12.2. The van der Waals surface area contributed by atoms with Crippen molar-refractivity contribution in [1.82, 2.24) is 9.80 Å². The van der Waals surface area contributed by atoms with Crippen molar-refractivity contribution in [1.29, 1.82) is 0 Å². The summed E-state index contributed by atoms with van der Waals surface area (Å²) in [5, 5.41) is 0. The van der Waals surface area contributed by atoms with E-state index < -0.39 is 18.4 Å². The summed E-state index contributed by atoms with van der Waals surface area (Å²) in [6.45, 7) is 6.70. The number of allylic oxidation sites excluding steroid dienone is 1. The Bertz CT molecular complexity index is 1130. The first-order valence-corrected chi connectivity index (χ1v) is 12.2. The van der Waals surface area contributed by atoms with Crippen LogP contribution in [0.2, 0.25) is 0 Å². The number of benzene rings is 2. The molecule has 2 aromatic carbocycles. The lowest BCUT2D eigenvalue weighted by atomic mass is 10.1. The number of fused-ring (bicyclic) bond motifs is 1. The van der Waals surface area contributed by atoms with Gasteiger partial charge in [0.05, 0.1) is 5.57 Å². The topological polar surface area (TPSA) is 77.5 Å². The van der Waals surface area contributed by atoms with Gasteiger partial charge in [-0.25, -0.2) is 9.59 Å². The van der Waals surface area contributed by atoms with E-state index in [-0.39, 0.29) is 12.8 Å². The average Bonchev–Trinajstić information content (AvgIpc) is 3.33. The summed E-state index contributed by atoms with van der Waals surface area (Å²) in [5.41, 5.74) is 2.65. The molecule has 2 aromatic rings. The lowest BCUT2D eigenvalue weighted by Crippen LogP contribution is -2.41. The van der Waals surface area contributed by atoms with Crippen LogP contribution in [0.25, 0.3) is 0 Å². The van der Waals surface area contributed by atoms with Gasteiger partial charge in [-0.3, -0.25) is 0 Å². The van der Waals surface area contributed by atoms with Gasteiger partial charge >= 0.3 is 12.1 Å². The van der Waals surface area contributed by atoms with E-state index in [9.17, 15) is 9.59 Å². The number of carbonyl (C=O) groups is 2. The maximum Gasteiger partial charge on any atom is 0.413 e. The van der Waals surface area contributed by atoms with Crippen LogP contribution >= 0.6 is 0 Å². The van der Waals surface area contributed by atoms with E-state index in [0.29, 0.717) is 37.3 Å². The van der Waals surface area contributed by atoms with Crippen molar-refractivity contribution < 1.29 is 28.5 Å². The highest BCUT2D eigenvalue weighted by atomic mass is 16.7. The minimum absolute atomic E-state index is 0.136. The van der Waals surface area contributed by atoms with Crippen LogP contribution in [0.5, 0.6) is 11.5 Å². The molecule has 0 aromatic heterocycles.